The second-order valence-corrected chi connectivity index (χ2v) is 7.87. The first-order valence-corrected chi connectivity index (χ1v) is 9.35. The summed E-state index contributed by atoms with van der Waals surface area (Å²) < 4.78 is 49.8. The van der Waals surface area contributed by atoms with Crippen molar-refractivity contribution >= 4 is 20.0 Å². The van der Waals surface area contributed by atoms with E-state index in [9.17, 15) is 16.8 Å². The number of hydrogen-bond acceptors (Lipinski definition) is 4. The Morgan fingerprint density at radius 2 is 1.70 bits per heavy atom. The number of unbranched alkanes of at least 4 members (excludes halogenated alkanes) is 1. The maximum atomic E-state index is 12.2. The maximum absolute atomic E-state index is 12.2. The molecule has 0 fully saturated rings. The van der Waals surface area contributed by atoms with Gasteiger partial charge in [-0.2, -0.15) is 0 Å². The molecule has 0 aliphatic rings. The van der Waals surface area contributed by atoms with Crippen LogP contribution in [0.15, 0.2) is 34.1 Å². The van der Waals surface area contributed by atoms with Crippen LogP contribution in [0.4, 0.5) is 0 Å². The Labute approximate surface area is 120 Å². The van der Waals surface area contributed by atoms with E-state index in [-0.39, 0.29) is 10.9 Å². The van der Waals surface area contributed by atoms with Crippen molar-refractivity contribution in [3.8, 4) is 0 Å². The summed E-state index contributed by atoms with van der Waals surface area (Å²) in [5.74, 6) is 0. The lowest BCUT2D eigenvalue weighted by atomic mass is 10.2. The normalized spacial score (nSPS) is 14.2. The molecule has 114 valence electrons. The van der Waals surface area contributed by atoms with Gasteiger partial charge in [0.15, 0.2) is 0 Å². The summed E-state index contributed by atoms with van der Waals surface area (Å²) >= 11 is 0. The average molecular weight is 320 g/mol. The van der Waals surface area contributed by atoms with Gasteiger partial charge in [0.2, 0.25) is 20.0 Å². The Bertz CT molecular complexity index is 654. The molecule has 0 spiro atoms. The van der Waals surface area contributed by atoms with E-state index in [0.29, 0.717) is 6.42 Å². The smallest absolute Gasteiger partial charge is 0.225 e. The van der Waals surface area contributed by atoms with Crippen molar-refractivity contribution in [1.82, 2.24) is 4.72 Å². The fraction of sp³-hybridized carbons (Fsp3) is 0.500. The molecule has 6 nitrogen and oxygen atoms in total. The zero-order chi connectivity index (χ0) is 15.4. The van der Waals surface area contributed by atoms with Crippen LogP contribution in [-0.4, -0.2) is 22.9 Å². The Morgan fingerprint density at radius 1 is 1.15 bits per heavy atom. The molecule has 1 aromatic rings. The molecule has 0 saturated carbocycles. The predicted octanol–water partition coefficient (Wildman–Crippen LogP) is 1.19. The van der Waals surface area contributed by atoms with E-state index >= 15 is 0 Å². The quantitative estimate of drug-likeness (QED) is 0.787. The summed E-state index contributed by atoms with van der Waals surface area (Å²) in [5.41, 5.74) is 0. The van der Waals surface area contributed by atoms with Gasteiger partial charge in [-0.1, -0.05) is 31.9 Å². The topological polar surface area (TPSA) is 106 Å². The van der Waals surface area contributed by atoms with Crippen LogP contribution in [0.1, 0.15) is 33.1 Å². The zero-order valence-corrected chi connectivity index (χ0v) is 13.2. The van der Waals surface area contributed by atoms with E-state index in [0.717, 1.165) is 12.8 Å². The van der Waals surface area contributed by atoms with E-state index in [1.165, 1.54) is 24.3 Å². The first kappa shape index (κ1) is 17.1. The highest BCUT2D eigenvalue weighted by atomic mass is 32.2. The molecule has 0 saturated heterocycles. The molecule has 0 bridgehead atoms. The molecule has 20 heavy (non-hydrogen) atoms. The van der Waals surface area contributed by atoms with Gasteiger partial charge in [0, 0.05) is 6.04 Å². The highest BCUT2D eigenvalue weighted by Gasteiger charge is 2.24. The van der Waals surface area contributed by atoms with Crippen LogP contribution in [0.5, 0.6) is 0 Å². The second-order valence-electron chi connectivity index (χ2n) is 4.66. The summed E-state index contributed by atoms with van der Waals surface area (Å²) in [6.07, 6.45) is 2.54. The third-order valence-electron chi connectivity index (χ3n) is 2.79. The summed E-state index contributed by atoms with van der Waals surface area (Å²) in [6.45, 7) is 3.75. The number of benzene rings is 1. The van der Waals surface area contributed by atoms with Gasteiger partial charge in [0.1, 0.15) is 9.79 Å². The molecule has 0 aliphatic heterocycles. The van der Waals surface area contributed by atoms with Gasteiger partial charge in [-0.25, -0.2) is 26.7 Å². The van der Waals surface area contributed by atoms with E-state index in [1.807, 2.05) is 6.92 Å². The predicted molar refractivity (Wildman–Crippen MR) is 77.1 cm³/mol. The molecule has 8 heteroatoms. The van der Waals surface area contributed by atoms with Crippen molar-refractivity contribution < 1.29 is 16.8 Å². The molecule has 0 amide bonds. The van der Waals surface area contributed by atoms with Crippen molar-refractivity contribution in [3.05, 3.63) is 24.3 Å². The van der Waals surface area contributed by atoms with Gasteiger partial charge in [-0.05, 0) is 25.5 Å². The van der Waals surface area contributed by atoms with E-state index in [4.69, 9.17) is 5.14 Å². The van der Waals surface area contributed by atoms with Crippen LogP contribution >= 0.6 is 0 Å². The largest absolute Gasteiger partial charge is 0.242 e. The minimum Gasteiger partial charge on any atom is -0.225 e. The molecule has 0 aliphatic carbocycles. The van der Waals surface area contributed by atoms with Crippen molar-refractivity contribution in [2.24, 2.45) is 5.14 Å². The van der Waals surface area contributed by atoms with Gasteiger partial charge in [-0.3, -0.25) is 0 Å². The molecule has 0 aromatic heterocycles. The van der Waals surface area contributed by atoms with Gasteiger partial charge in [-0.15, -0.1) is 0 Å². The second kappa shape index (κ2) is 6.66. The molecule has 1 unspecified atom stereocenters. The number of sulfonamides is 2. The number of hydrogen-bond donors (Lipinski definition) is 2. The van der Waals surface area contributed by atoms with Crippen LogP contribution in [0.3, 0.4) is 0 Å². The standard InChI is InChI=1S/C12H20N2O4S2/c1-3-4-7-10(2)14-20(17,18)12-9-6-5-8-11(12)19(13,15)16/h5-6,8-10,14H,3-4,7H2,1-2H3,(H2,13,15,16). The van der Waals surface area contributed by atoms with Gasteiger partial charge in [0.05, 0.1) is 0 Å². The van der Waals surface area contributed by atoms with Crippen LogP contribution in [0.2, 0.25) is 0 Å². The molecule has 1 rings (SSSR count). The monoisotopic (exact) mass is 320 g/mol. The SMILES string of the molecule is CCCCC(C)NS(=O)(=O)c1ccccc1S(N)(=O)=O. The minimum absolute atomic E-state index is 0.270. The van der Waals surface area contributed by atoms with E-state index < -0.39 is 24.9 Å². The lowest BCUT2D eigenvalue weighted by Gasteiger charge is -2.15. The Kier molecular flexibility index (Phi) is 5.69. The molecule has 0 radical (unpaired) electrons. The Hall–Kier alpha value is -0.960. The van der Waals surface area contributed by atoms with Crippen molar-refractivity contribution in [2.75, 3.05) is 0 Å². The lowest BCUT2D eigenvalue weighted by molar-refractivity contribution is 0.531. The lowest BCUT2D eigenvalue weighted by Crippen LogP contribution is -2.33. The summed E-state index contributed by atoms with van der Waals surface area (Å²) in [4.78, 5) is -0.707. The van der Waals surface area contributed by atoms with Crippen LogP contribution in [0, 0.1) is 0 Å². The highest BCUT2D eigenvalue weighted by molar-refractivity contribution is 7.92. The van der Waals surface area contributed by atoms with Gasteiger partial charge in [0.25, 0.3) is 0 Å². The van der Waals surface area contributed by atoms with E-state index in [2.05, 4.69) is 4.72 Å². The minimum atomic E-state index is -4.09. The van der Waals surface area contributed by atoms with Crippen molar-refractivity contribution in [3.63, 3.8) is 0 Å². The van der Waals surface area contributed by atoms with Gasteiger partial charge < -0.3 is 0 Å². The fourth-order valence-electron chi connectivity index (χ4n) is 1.80. The first-order valence-electron chi connectivity index (χ1n) is 6.32. The van der Waals surface area contributed by atoms with E-state index in [1.54, 1.807) is 6.92 Å². The van der Waals surface area contributed by atoms with Crippen molar-refractivity contribution in [1.29, 1.82) is 0 Å². The highest BCUT2D eigenvalue weighted by Crippen LogP contribution is 2.19. The van der Waals surface area contributed by atoms with Crippen molar-refractivity contribution in [2.45, 2.75) is 48.9 Å². The summed E-state index contributed by atoms with van der Waals surface area (Å²) in [5, 5.41) is 5.05. The molecule has 1 atom stereocenters. The maximum Gasteiger partial charge on any atom is 0.242 e. The Morgan fingerprint density at radius 3 is 2.20 bits per heavy atom. The van der Waals surface area contributed by atoms with Gasteiger partial charge >= 0.3 is 0 Å². The number of primary sulfonamides is 1. The third kappa shape index (κ3) is 4.55. The van der Waals surface area contributed by atoms with Crippen LogP contribution in [0.25, 0.3) is 0 Å². The summed E-state index contributed by atoms with van der Waals surface area (Å²) in [7, 11) is -8.00. The zero-order valence-electron chi connectivity index (χ0n) is 11.5. The average Bonchev–Trinajstić information content (AvgIpc) is 2.35. The third-order valence-corrected chi connectivity index (χ3v) is 5.54. The fourth-order valence-corrected chi connectivity index (χ4v) is 4.46. The molecule has 3 N–H and O–H groups in total. The number of nitrogens with one attached hydrogen (secondary N) is 1. The first-order chi connectivity index (χ1) is 9.18. The summed E-state index contributed by atoms with van der Waals surface area (Å²) in [6, 6.07) is 5.03. The number of nitrogens with two attached hydrogens (primary N) is 1. The molecular weight excluding hydrogens is 300 g/mol. The Balaban J connectivity index is 3.11. The molecular formula is C12H20N2O4S2. The number of rotatable bonds is 7. The van der Waals surface area contributed by atoms with Crippen LogP contribution < -0.4 is 9.86 Å². The molecule has 0 heterocycles. The molecule has 1 aromatic carbocycles. The van der Waals surface area contributed by atoms with Crippen LogP contribution in [-0.2, 0) is 20.0 Å².